The van der Waals surface area contributed by atoms with Crippen LogP contribution in [0.1, 0.15) is 11.1 Å². The van der Waals surface area contributed by atoms with Crippen molar-refractivity contribution in [3.8, 4) is 11.5 Å². The molecule has 1 heterocycles. The van der Waals surface area contributed by atoms with Crippen LogP contribution in [0, 0.1) is 6.92 Å². The summed E-state index contributed by atoms with van der Waals surface area (Å²) in [4.78, 5) is 24.9. The fourth-order valence-electron chi connectivity index (χ4n) is 3.10. The van der Waals surface area contributed by atoms with Gasteiger partial charge in [-0.15, -0.1) is 0 Å². The molecule has 1 fully saturated rings. The molecule has 0 aliphatic carbocycles. The Morgan fingerprint density at radius 3 is 2.00 bits per heavy atom. The van der Waals surface area contributed by atoms with E-state index in [1.54, 1.807) is 54.6 Å². The summed E-state index contributed by atoms with van der Waals surface area (Å²) in [5.74, 6) is 0.676. The predicted octanol–water partition coefficient (Wildman–Crippen LogP) is 3.91. The zero-order valence-electron chi connectivity index (χ0n) is 17.1. The first-order chi connectivity index (χ1) is 15.1. The first kappa shape index (κ1) is 20.2. The summed E-state index contributed by atoms with van der Waals surface area (Å²) in [6, 6.07) is 24.0. The van der Waals surface area contributed by atoms with Gasteiger partial charge in [-0.1, -0.05) is 48.0 Å². The van der Waals surface area contributed by atoms with E-state index in [2.05, 4.69) is 5.43 Å². The molecule has 0 aromatic heterocycles. The molecule has 0 bridgehead atoms. The molecule has 4 rings (SSSR count). The Morgan fingerprint density at radius 2 is 1.39 bits per heavy atom. The number of benzene rings is 3. The number of hydrazine groups is 1. The second-order valence-corrected chi connectivity index (χ2v) is 7.05. The summed E-state index contributed by atoms with van der Waals surface area (Å²) in [5.41, 5.74) is 5.21. The zero-order valence-corrected chi connectivity index (χ0v) is 17.1. The third-order valence-corrected chi connectivity index (χ3v) is 4.74. The van der Waals surface area contributed by atoms with Crippen LogP contribution in [0.3, 0.4) is 0 Å². The van der Waals surface area contributed by atoms with E-state index in [0.717, 1.165) is 11.3 Å². The van der Waals surface area contributed by atoms with Gasteiger partial charge in [-0.2, -0.15) is 0 Å². The molecular formula is C25H22N2O4. The SMILES string of the molecule is Cc1ccc(OCCOc2ccc(/C=C3/C(=O)NN(c4ccccc4)C3=O)cc2)cc1. The molecule has 0 atom stereocenters. The molecule has 1 aliphatic heterocycles. The lowest BCUT2D eigenvalue weighted by Gasteiger charge is -2.13. The molecule has 1 saturated heterocycles. The van der Waals surface area contributed by atoms with Crippen molar-refractivity contribution in [2.75, 3.05) is 18.2 Å². The standard InChI is InChI=1S/C25H22N2O4/c1-18-7-11-21(12-8-18)30-15-16-31-22-13-9-19(10-14-22)17-23-24(28)26-27(25(23)29)20-5-3-2-4-6-20/h2-14,17H,15-16H2,1H3,(H,26,28)/b23-17-. The number of hydrogen-bond acceptors (Lipinski definition) is 4. The fourth-order valence-corrected chi connectivity index (χ4v) is 3.10. The van der Waals surface area contributed by atoms with Gasteiger partial charge in [-0.25, -0.2) is 5.01 Å². The number of rotatable bonds is 7. The van der Waals surface area contributed by atoms with E-state index in [0.29, 0.717) is 24.7 Å². The normalized spacial score (nSPS) is 14.6. The van der Waals surface area contributed by atoms with E-state index < -0.39 is 5.91 Å². The highest BCUT2D eigenvalue weighted by atomic mass is 16.5. The maximum Gasteiger partial charge on any atom is 0.282 e. The van der Waals surface area contributed by atoms with Crippen LogP contribution in [-0.2, 0) is 9.59 Å². The minimum atomic E-state index is -0.428. The number of amides is 2. The lowest BCUT2D eigenvalue weighted by Crippen LogP contribution is -2.35. The number of nitrogens with zero attached hydrogens (tertiary/aromatic N) is 1. The number of para-hydroxylation sites is 1. The van der Waals surface area contributed by atoms with Crippen LogP contribution in [0.5, 0.6) is 11.5 Å². The van der Waals surface area contributed by atoms with Crippen LogP contribution >= 0.6 is 0 Å². The Morgan fingerprint density at radius 1 is 0.806 bits per heavy atom. The second kappa shape index (κ2) is 9.17. The van der Waals surface area contributed by atoms with Crippen LogP contribution in [0.2, 0.25) is 0 Å². The molecule has 31 heavy (non-hydrogen) atoms. The third-order valence-electron chi connectivity index (χ3n) is 4.74. The van der Waals surface area contributed by atoms with Crippen molar-refractivity contribution in [1.29, 1.82) is 0 Å². The first-order valence-corrected chi connectivity index (χ1v) is 9.95. The number of anilines is 1. The average Bonchev–Trinajstić information content (AvgIpc) is 3.08. The van der Waals surface area contributed by atoms with Gasteiger partial charge in [-0.3, -0.25) is 15.0 Å². The van der Waals surface area contributed by atoms with Crippen LogP contribution in [0.15, 0.2) is 84.4 Å². The van der Waals surface area contributed by atoms with Gasteiger partial charge in [0.2, 0.25) is 0 Å². The Hall–Kier alpha value is -4.06. The molecule has 156 valence electrons. The molecule has 6 nitrogen and oxygen atoms in total. The van der Waals surface area contributed by atoms with Gasteiger partial charge in [0.05, 0.1) is 5.69 Å². The number of nitrogens with one attached hydrogen (secondary N) is 1. The molecule has 3 aromatic carbocycles. The number of carbonyl (C=O) groups excluding carboxylic acids is 2. The summed E-state index contributed by atoms with van der Waals surface area (Å²) in [7, 11) is 0. The van der Waals surface area contributed by atoms with Gasteiger partial charge in [-0.05, 0) is 55.0 Å². The van der Waals surface area contributed by atoms with Crippen molar-refractivity contribution in [3.63, 3.8) is 0 Å². The number of ether oxygens (including phenoxy) is 2. The van der Waals surface area contributed by atoms with Crippen molar-refractivity contribution in [2.24, 2.45) is 0 Å². The number of aryl methyl sites for hydroxylation is 1. The maximum atomic E-state index is 12.6. The smallest absolute Gasteiger partial charge is 0.282 e. The molecular weight excluding hydrogens is 392 g/mol. The highest BCUT2D eigenvalue weighted by molar-refractivity contribution is 6.31. The van der Waals surface area contributed by atoms with Crippen LogP contribution in [0.4, 0.5) is 5.69 Å². The lowest BCUT2D eigenvalue weighted by molar-refractivity contribution is -0.117. The summed E-state index contributed by atoms with van der Waals surface area (Å²) in [6.07, 6.45) is 1.57. The van der Waals surface area contributed by atoms with Gasteiger partial charge >= 0.3 is 0 Å². The second-order valence-electron chi connectivity index (χ2n) is 7.05. The average molecular weight is 414 g/mol. The van der Waals surface area contributed by atoms with Crippen LogP contribution in [0.25, 0.3) is 6.08 Å². The molecule has 6 heteroatoms. The van der Waals surface area contributed by atoms with Crippen molar-refractivity contribution < 1.29 is 19.1 Å². The van der Waals surface area contributed by atoms with Gasteiger partial charge in [0, 0.05) is 0 Å². The van der Waals surface area contributed by atoms with Gasteiger partial charge in [0.15, 0.2) is 0 Å². The number of carbonyl (C=O) groups is 2. The maximum absolute atomic E-state index is 12.6. The molecule has 1 aliphatic rings. The van der Waals surface area contributed by atoms with Crippen molar-refractivity contribution in [3.05, 3.63) is 95.6 Å². The largest absolute Gasteiger partial charge is 0.490 e. The fraction of sp³-hybridized carbons (Fsp3) is 0.120. The zero-order chi connectivity index (χ0) is 21.6. The van der Waals surface area contributed by atoms with Gasteiger partial charge in [0.25, 0.3) is 11.8 Å². The summed E-state index contributed by atoms with van der Waals surface area (Å²) >= 11 is 0. The van der Waals surface area contributed by atoms with Crippen molar-refractivity contribution in [2.45, 2.75) is 6.92 Å². The van der Waals surface area contributed by atoms with E-state index in [1.807, 2.05) is 37.3 Å². The van der Waals surface area contributed by atoms with E-state index in [9.17, 15) is 9.59 Å². The minimum absolute atomic E-state index is 0.0871. The van der Waals surface area contributed by atoms with Gasteiger partial charge < -0.3 is 9.47 Å². The highest BCUT2D eigenvalue weighted by Gasteiger charge is 2.34. The van der Waals surface area contributed by atoms with E-state index in [1.165, 1.54) is 10.6 Å². The Kier molecular flexibility index (Phi) is 5.98. The molecule has 2 amide bonds. The predicted molar refractivity (Wildman–Crippen MR) is 119 cm³/mol. The molecule has 0 spiro atoms. The molecule has 1 N–H and O–H groups in total. The van der Waals surface area contributed by atoms with E-state index in [-0.39, 0.29) is 11.5 Å². The molecule has 0 radical (unpaired) electrons. The Labute approximate surface area is 180 Å². The quantitative estimate of drug-likeness (QED) is 0.362. The lowest BCUT2D eigenvalue weighted by atomic mass is 10.1. The summed E-state index contributed by atoms with van der Waals surface area (Å²) in [6.45, 7) is 2.86. The summed E-state index contributed by atoms with van der Waals surface area (Å²) in [5, 5.41) is 1.25. The topological polar surface area (TPSA) is 67.9 Å². The highest BCUT2D eigenvalue weighted by Crippen LogP contribution is 2.22. The van der Waals surface area contributed by atoms with Crippen molar-refractivity contribution in [1.82, 2.24) is 5.43 Å². The molecule has 0 unspecified atom stereocenters. The summed E-state index contributed by atoms with van der Waals surface area (Å²) < 4.78 is 11.3. The van der Waals surface area contributed by atoms with E-state index in [4.69, 9.17) is 9.47 Å². The van der Waals surface area contributed by atoms with Gasteiger partial charge in [0.1, 0.15) is 30.3 Å². The van der Waals surface area contributed by atoms with Crippen LogP contribution < -0.4 is 19.9 Å². The first-order valence-electron chi connectivity index (χ1n) is 9.95. The van der Waals surface area contributed by atoms with E-state index >= 15 is 0 Å². The minimum Gasteiger partial charge on any atom is -0.490 e. The monoisotopic (exact) mass is 414 g/mol. The third kappa shape index (κ3) is 4.93. The molecule has 3 aromatic rings. The number of hydrogen-bond donors (Lipinski definition) is 1. The Balaban J connectivity index is 1.33. The van der Waals surface area contributed by atoms with Crippen LogP contribution in [-0.4, -0.2) is 25.0 Å². The van der Waals surface area contributed by atoms with Crippen molar-refractivity contribution >= 4 is 23.6 Å². The molecule has 0 saturated carbocycles. The Bertz CT molecular complexity index is 1090.